The van der Waals surface area contributed by atoms with Crippen LogP contribution >= 0.6 is 0 Å². The zero-order valence-electron chi connectivity index (χ0n) is 11.3. The van der Waals surface area contributed by atoms with Gasteiger partial charge in [0.1, 0.15) is 5.82 Å². The van der Waals surface area contributed by atoms with Gasteiger partial charge in [-0.1, -0.05) is 12.1 Å². The predicted molar refractivity (Wildman–Crippen MR) is 76.7 cm³/mol. The van der Waals surface area contributed by atoms with Crippen molar-refractivity contribution in [1.82, 2.24) is 10.3 Å². The van der Waals surface area contributed by atoms with Crippen molar-refractivity contribution in [3.8, 4) is 0 Å². The lowest BCUT2D eigenvalue weighted by Crippen LogP contribution is -2.43. The molecule has 0 unspecified atom stereocenters. The van der Waals surface area contributed by atoms with Crippen LogP contribution in [0.4, 0.5) is 4.39 Å². The number of nitrogens with one attached hydrogen (secondary N) is 2. The average Bonchev–Trinajstić information content (AvgIpc) is 2.42. The summed E-state index contributed by atoms with van der Waals surface area (Å²) in [7, 11) is 0. The average molecular weight is 286 g/mol. The van der Waals surface area contributed by atoms with Crippen molar-refractivity contribution in [2.24, 2.45) is 0 Å². The fourth-order valence-corrected chi connectivity index (χ4v) is 2.62. The Morgan fingerprint density at radius 3 is 2.76 bits per heavy atom. The maximum Gasteiger partial charge on any atom is 0.251 e. The molecule has 1 aromatic heterocycles. The molecule has 1 saturated carbocycles. The molecule has 0 aliphatic heterocycles. The van der Waals surface area contributed by atoms with Gasteiger partial charge in [-0.15, -0.1) is 0 Å². The van der Waals surface area contributed by atoms with E-state index in [1.165, 1.54) is 18.3 Å². The summed E-state index contributed by atoms with van der Waals surface area (Å²) in [6, 6.07) is 9.49. The molecule has 0 radical (unpaired) electrons. The van der Waals surface area contributed by atoms with E-state index in [0.717, 1.165) is 18.4 Å². The fourth-order valence-electron chi connectivity index (χ4n) is 2.62. The van der Waals surface area contributed by atoms with Crippen LogP contribution in [-0.2, 0) is 0 Å². The standard InChI is InChI=1S/C16H15FN2O2/c17-13-3-1-2-10(6-13)12-7-14(8-12)19-16(21)11-4-5-18-15(20)9-11/h1-6,9,12,14H,7-8H2,(H,18,20)(H,19,21). The van der Waals surface area contributed by atoms with Crippen LogP contribution in [0.2, 0.25) is 0 Å². The quantitative estimate of drug-likeness (QED) is 0.908. The van der Waals surface area contributed by atoms with Crippen molar-refractivity contribution in [2.45, 2.75) is 24.8 Å². The van der Waals surface area contributed by atoms with Crippen LogP contribution in [0, 0.1) is 5.82 Å². The van der Waals surface area contributed by atoms with Gasteiger partial charge >= 0.3 is 0 Å². The van der Waals surface area contributed by atoms with Crippen LogP contribution < -0.4 is 10.9 Å². The molecule has 0 saturated heterocycles. The Bertz CT molecular complexity index is 720. The lowest BCUT2D eigenvalue weighted by molar-refractivity contribution is 0.0908. The topological polar surface area (TPSA) is 62.0 Å². The van der Waals surface area contributed by atoms with E-state index in [-0.39, 0.29) is 29.2 Å². The molecule has 3 rings (SSSR count). The number of H-pyrrole nitrogens is 1. The summed E-state index contributed by atoms with van der Waals surface area (Å²) in [6.45, 7) is 0. The van der Waals surface area contributed by atoms with E-state index < -0.39 is 0 Å². The maximum absolute atomic E-state index is 13.2. The molecule has 108 valence electrons. The number of hydrogen-bond donors (Lipinski definition) is 2. The minimum atomic E-state index is -0.297. The number of aromatic nitrogens is 1. The van der Waals surface area contributed by atoms with Gasteiger partial charge in [0.15, 0.2) is 0 Å². The summed E-state index contributed by atoms with van der Waals surface area (Å²) in [5, 5.41) is 2.89. The van der Waals surface area contributed by atoms with Crippen molar-refractivity contribution in [3.63, 3.8) is 0 Å². The zero-order chi connectivity index (χ0) is 14.8. The molecule has 0 spiro atoms. The molecule has 1 aliphatic rings. The van der Waals surface area contributed by atoms with Gasteiger partial charge in [0.2, 0.25) is 5.56 Å². The first-order valence-electron chi connectivity index (χ1n) is 6.87. The first kappa shape index (κ1) is 13.5. The van der Waals surface area contributed by atoms with Gasteiger partial charge in [-0.05, 0) is 42.5 Å². The predicted octanol–water partition coefficient (Wildman–Crippen LogP) is 2.19. The molecule has 0 bridgehead atoms. The maximum atomic E-state index is 13.2. The Morgan fingerprint density at radius 1 is 1.24 bits per heavy atom. The normalized spacial score (nSPS) is 20.6. The number of benzene rings is 1. The zero-order valence-corrected chi connectivity index (χ0v) is 11.3. The van der Waals surface area contributed by atoms with E-state index in [1.807, 2.05) is 6.07 Å². The van der Waals surface area contributed by atoms with Crippen LogP contribution in [-0.4, -0.2) is 16.9 Å². The molecule has 2 aromatic rings. The van der Waals surface area contributed by atoms with Gasteiger partial charge in [-0.2, -0.15) is 0 Å². The minimum absolute atomic E-state index is 0.0741. The Morgan fingerprint density at radius 2 is 2.05 bits per heavy atom. The van der Waals surface area contributed by atoms with Crippen LogP contribution in [0.5, 0.6) is 0 Å². The summed E-state index contributed by atoms with van der Waals surface area (Å²) in [6.07, 6.45) is 3.03. The molecular formula is C16H15FN2O2. The summed E-state index contributed by atoms with van der Waals surface area (Å²) in [4.78, 5) is 25.6. The van der Waals surface area contributed by atoms with E-state index in [1.54, 1.807) is 18.2 Å². The number of hydrogen-bond acceptors (Lipinski definition) is 2. The molecule has 1 aliphatic carbocycles. The molecule has 21 heavy (non-hydrogen) atoms. The first-order chi connectivity index (χ1) is 10.1. The molecule has 0 atom stereocenters. The number of halogens is 1. The van der Waals surface area contributed by atoms with Crippen LogP contribution in [0.25, 0.3) is 0 Å². The van der Waals surface area contributed by atoms with E-state index in [4.69, 9.17) is 0 Å². The smallest absolute Gasteiger partial charge is 0.251 e. The second-order valence-corrected chi connectivity index (χ2v) is 5.34. The van der Waals surface area contributed by atoms with E-state index in [0.29, 0.717) is 5.56 Å². The van der Waals surface area contributed by atoms with Crippen LogP contribution in [0.1, 0.15) is 34.7 Å². The van der Waals surface area contributed by atoms with Gasteiger partial charge in [-0.25, -0.2) is 4.39 Å². The highest BCUT2D eigenvalue weighted by molar-refractivity contribution is 5.94. The van der Waals surface area contributed by atoms with E-state index >= 15 is 0 Å². The summed E-state index contributed by atoms with van der Waals surface area (Å²) < 4.78 is 13.2. The Balaban J connectivity index is 1.57. The van der Waals surface area contributed by atoms with Gasteiger partial charge in [0, 0.05) is 23.9 Å². The molecule has 1 amide bonds. The summed E-state index contributed by atoms with van der Waals surface area (Å²) in [5.74, 6) is -0.197. The highest BCUT2D eigenvalue weighted by atomic mass is 19.1. The number of carbonyl (C=O) groups excluding carboxylic acids is 1. The number of pyridine rings is 1. The van der Waals surface area contributed by atoms with Crippen LogP contribution in [0.15, 0.2) is 47.4 Å². The van der Waals surface area contributed by atoms with Crippen molar-refractivity contribution in [2.75, 3.05) is 0 Å². The molecule has 1 fully saturated rings. The third-order valence-electron chi connectivity index (χ3n) is 3.83. The molecule has 4 nitrogen and oxygen atoms in total. The third kappa shape index (κ3) is 3.02. The molecule has 1 heterocycles. The van der Waals surface area contributed by atoms with Crippen molar-refractivity contribution >= 4 is 5.91 Å². The monoisotopic (exact) mass is 286 g/mol. The van der Waals surface area contributed by atoms with Crippen LogP contribution in [0.3, 0.4) is 0 Å². The largest absolute Gasteiger partial charge is 0.349 e. The lowest BCUT2D eigenvalue weighted by atomic mass is 9.76. The number of carbonyl (C=O) groups is 1. The van der Waals surface area contributed by atoms with Gasteiger partial charge < -0.3 is 10.3 Å². The minimum Gasteiger partial charge on any atom is -0.349 e. The molecular weight excluding hydrogens is 271 g/mol. The lowest BCUT2D eigenvalue weighted by Gasteiger charge is -2.36. The summed E-state index contributed by atoms with van der Waals surface area (Å²) >= 11 is 0. The molecule has 5 heteroatoms. The van der Waals surface area contributed by atoms with Gasteiger partial charge in [0.25, 0.3) is 5.91 Å². The Hall–Kier alpha value is -2.43. The Labute approximate surface area is 121 Å². The Kier molecular flexibility index (Phi) is 3.56. The fraction of sp³-hybridized carbons (Fsp3) is 0.250. The van der Waals surface area contributed by atoms with Gasteiger partial charge in [-0.3, -0.25) is 9.59 Å². The number of rotatable bonds is 3. The highest BCUT2D eigenvalue weighted by Gasteiger charge is 2.31. The molecule has 2 N–H and O–H groups in total. The second kappa shape index (κ2) is 5.52. The highest BCUT2D eigenvalue weighted by Crippen LogP contribution is 2.37. The third-order valence-corrected chi connectivity index (χ3v) is 3.83. The second-order valence-electron chi connectivity index (χ2n) is 5.34. The van der Waals surface area contributed by atoms with E-state index in [2.05, 4.69) is 10.3 Å². The van der Waals surface area contributed by atoms with Crippen molar-refractivity contribution < 1.29 is 9.18 Å². The number of amides is 1. The first-order valence-corrected chi connectivity index (χ1v) is 6.87. The van der Waals surface area contributed by atoms with E-state index in [9.17, 15) is 14.0 Å². The van der Waals surface area contributed by atoms with Crippen molar-refractivity contribution in [3.05, 3.63) is 69.9 Å². The van der Waals surface area contributed by atoms with Crippen molar-refractivity contribution in [1.29, 1.82) is 0 Å². The summed E-state index contributed by atoms with van der Waals surface area (Å²) in [5.41, 5.74) is 1.03. The number of aromatic amines is 1. The molecule has 1 aromatic carbocycles. The SMILES string of the molecule is O=C(NC1CC(c2cccc(F)c2)C1)c1cc[nH]c(=O)c1. The van der Waals surface area contributed by atoms with Gasteiger partial charge in [0.05, 0.1) is 0 Å².